The molecule has 0 radical (unpaired) electrons. The van der Waals surface area contributed by atoms with Crippen LogP contribution < -0.4 is 0 Å². The van der Waals surface area contributed by atoms with E-state index in [-0.39, 0.29) is 0 Å². The predicted octanol–water partition coefficient (Wildman–Crippen LogP) is 4.44. The lowest BCUT2D eigenvalue weighted by atomic mass is 9.94. The molecule has 140 valence electrons. The number of hydrogen-bond acceptors (Lipinski definition) is 3. The van der Waals surface area contributed by atoms with Crippen LogP contribution in [0.15, 0.2) is 54.9 Å². The van der Waals surface area contributed by atoms with Crippen LogP contribution in [0.3, 0.4) is 0 Å². The van der Waals surface area contributed by atoms with Crippen molar-refractivity contribution in [1.29, 1.82) is 0 Å². The Labute approximate surface area is 165 Å². The van der Waals surface area contributed by atoms with Gasteiger partial charge in [-0.25, -0.2) is 4.98 Å². The second-order valence-corrected chi connectivity index (χ2v) is 7.76. The molecule has 4 rings (SSSR count). The summed E-state index contributed by atoms with van der Waals surface area (Å²) in [6.45, 7) is 3.07. The number of pyridine rings is 1. The van der Waals surface area contributed by atoms with E-state index < -0.39 is 0 Å². The highest BCUT2D eigenvalue weighted by molar-refractivity contribution is 6.31. The van der Waals surface area contributed by atoms with Crippen molar-refractivity contribution in [3.8, 4) is 0 Å². The van der Waals surface area contributed by atoms with Crippen LogP contribution in [0.1, 0.15) is 41.5 Å². The zero-order chi connectivity index (χ0) is 18.6. The molecule has 0 saturated carbocycles. The van der Waals surface area contributed by atoms with Gasteiger partial charge in [0.15, 0.2) is 0 Å². The molecule has 1 saturated heterocycles. The van der Waals surface area contributed by atoms with Gasteiger partial charge >= 0.3 is 0 Å². The average Bonchev–Trinajstić information content (AvgIpc) is 3.09. The minimum Gasteiger partial charge on any atom is -0.337 e. The van der Waals surface area contributed by atoms with Crippen molar-refractivity contribution in [3.63, 3.8) is 0 Å². The second-order valence-electron chi connectivity index (χ2n) is 7.35. The van der Waals surface area contributed by atoms with E-state index in [4.69, 9.17) is 16.6 Å². The standard InChI is InChI=1S/C22H25ClN4/c1-26-13-11-24-22(26)16-27-12-5-7-18(15-27)21-10-4-8-19(25-21)14-17-6-2-3-9-20(17)23/h2-4,6,8-11,13,18H,5,7,12,14-16H2,1H3. The number of aromatic nitrogens is 3. The first-order chi connectivity index (χ1) is 13.2. The highest BCUT2D eigenvalue weighted by atomic mass is 35.5. The van der Waals surface area contributed by atoms with Gasteiger partial charge in [0.05, 0.1) is 6.54 Å². The molecule has 0 spiro atoms. The summed E-state index contributed by atoms with van der Waals surface area (Å²) in [5, 5.41) is 0.809. The van der Waals surface area contributed by atoms with E-state index >= 15 is 0 Å². The Morgan fingerprint density at radius 3 is 2.85 bits per heavy atom. The summed E-state index contributed by atoms with van der Waals surface area (Å²) in [6.07, 6.45) is 7.05. The maximum absolute atomic E-state index is 6.32. The fourth-order valence-electron chi connectivity index (χ4n) is 3.85. The van der Waals surface area contributed by atoms with Crippen LogP contribution in [-0.4, -0.2) is 32.5 Å². The van der Waals surface area contributed by atoms with E-state index in [0.717, 1.165) is 48.2 Å². The fourth-order valence-corrected chi connectivity index (χ4v) is 4.05. The monoisotopic (exact) mass is 380 g/mol. The van der Waals surface area contributed by atoms with Gasteiger partial charge in [0.25, 0.3) is 0 Å². The fraction of sp³-hybridized carbons (Fsp3) is 0.364. The van der Waals surface area contributed by atoms with Crippen LogP contribution in [0.5, 0.6) is 0 Å². The highest BCUT2D eigenvalue weighted by Crippen LogP contribution is 2.27. The summed E-state index contributed by atoms with van der Waals surface area (Å²) in [6, 6.07) is 14.4. The van der Waals surface area contributed by atoms with E-state index in [2.05, 4.69) is 45.8 Å². The van der Waals surface area contributed by atoms with Crippen molar-refractivity contribution < 1.29 is 0 Å². The maximum Gasteiger partial charge on any atom is 0.122 e. The van der Waals surface area contributed by atoms with E-state index in [1.165, 1.54) is 18.5 Å². The Kier molecular flexibility index (Phi) is 5.55. The van der Waals surface area contributed by atoms with Gasteiger partial charge in [0.2, 0.25) is 0 Å². The van der Waals surface area contributed by atoms with Gasteiger partial charge in [-0.05, 0) is 43.1 Å². The first-order valence-corrected chi connectivity index (χ1v) is 9.94. The first-order valence-electron chi connectivity index (χ1n) is 9.57. The average molecular weight is 381 g/mol. The van der Waals surface area contributed by atoms with Crippen LogP contribution in [0.25, 0.3) is 0 Å². The maximum atomic E-state index is 6.32. The molecule has 1 aliphatic heterocycles. The number of aryl methyl sites for hydroxylation is 1. The zero-order valence-electron chi connectivity index (χ0n) is 15.7. The SMILES string of the molecule is Cn1ccnc1CN1CCCC(c2cccc(Cc3ccccc3Cl)n2)C1. The van der Waals surface area contributed by atoms with Crippen molar-refractivity contribution in [2.45, 2.75) is 31.7 Å². The minimum absolute atomic E-state index is 0.477. The highest BCUT2D eigenvalue weighted by Gasteiger charge is 2.23. The minimum atomic E-state index is 0.477. The Hall–Kier alpha value is -2.17. The molecule has 5 heteroatoms. The molecule has 0 aliphatic carbocycles. The number of halogens is 1. The molecule has 0 bridgehead atoms. The van der Waals surface area contributed by atoms with E-state index in [9.17, 15) is 0 Å². The van der Waals surface area contributed by atoms with Crippen molar-refractivity contribution >= 4 is 11.6 Å². The Balaban J connectivity index is 1.46. The van der Waals surface area contributed by atoms with E-state index in [1.54, 1.807) is 0 Å². The van der Waals surface area contributed by atoms with Gasteiger partial charge in [-0.1, -0.05) is 35.9 Å². The summed E-state index contributed by atoms with van der Waals surface area (Å²) in [7, 11) is 2.06. The number of likely N-dealkylation sites (tertiary alicyclic amines) is 1. The van der Waals surface area contributed by atoms with Gasteiger partial charge in [0, 0.05) is 54.7 Å². The summed E-state index contributed by atoms with van der Waals surface area (Å²) in [4.78, 5) is 11.9. The third kappa shape index (κ3) is 4.40. The Morgan fingerprint density at radius 1 is 1.15 bits per heavy atom. The molecule has 3 heterocycles. The lowest BCUT2D eigenvalue weighted by Gasteiger charge is -2.32. The van der Waals surface area contributed by atoms with Crippen LogP contribution in [0.4, 0.5) is 0 Å². The molecular formula is C22H25ClN4. The molecule has 0 N–H and O–H groups in total. The lowest BCUT2D eigenvalue weighted by molar-refractivity contribution is 0.192. The molecule has 4 nitrogen and oxygen atoms in total. The van der Waals surface area contributed by atoms with Crippen molar-refractivity contribution in [3.05, 3.63) is 82.7 Å². The zero-order valence-corrected chi connectivity index (χ0v) is 16.4. The number of rotatable bonds is 5. The third-order valence-corrected chi connectivity index (χ3v) is 5.74. The molecule has 27 heavy (non-hydrogen) atoms. The molecule has 1 aliphatic rings. The van der Waals surface area contributed by atoms with Gasteiger partial charge in [0.1, 0.15) is 5.82 Å². The van der Waals surface area contributed by atoms with E-state index in [1.807, 2.05) is 30.6 Å². The van der Waals surface area contributed by atoms with Gasteiger partial charge in [-0.15, -0.1) is 0 Å². The molecule has 3 aromatic rings. The number of hydrogen-bond donors (Lipinski definition) is 0. The topological polar surface area (TPSA) is 34.0 Å². The second kappa shape index (κ2) is 8.24. The molecule has 0 amide bonds. The summed E-state index contributed by atoms with van der Waals surface area (Å²) >= 11 is 6.32. The molecular weight excluding hydrogens is 356 g/mol. The smallest absolute Gasteiger partial charge is 0.122 e. The number of nitrogens with zero attached hydrogens (tertiary/aromatic N) is 4. The van der Waals surface area contributed by atoms with Gasteiger partial charge in [-0.3, -0.25) is 9.88 Å². The molecule has 1 fully saturated rings. The number of piperidine rings is 1. The van der Waals surface area contributed by atoms with E-state index in [0.29, 0.717) is 5.92 Å². The van der Waals surface area contributed by atoms with Gasteiger partial charge in [-0.2, -0.15) is 0 Å². The van der Waals surface area contributed by atoms with Crippen molar-refractivity contribution in [2.75, 3.05) is 13.1 Å². The normalized spacial score (nSPS) is 17.9. The van der Waals surface area contributed by atoms with Gasteiger partial charge < -0.3 is 4.57 Å². The first kappa shape index (κ1) is 18.2. The van der Waals surface area contributed by atoms with Crippen molar-refractivity contribution in [1.82, 2.24) is 19.4 Å². The van der Waals surface area contributed by atoms with Crippen LogP contribution in [0.2, 0.25) is 5.02 Å². The summed E-state index contributed by atoms with van der Waals surface area (Å²) < 4.78 is 2.10. The van der Waals surface area contributed by atoms with Crippen LogP contribution in [0, 0.1) is 0 Å². The lowest BCUT2D eigenvalue weighted by Crippen LogP contribution is -2.35. The number of benzene rings is 1. The molecule has 1 atom stereocenters. The summed E-state index contributed by atoms with van der Waals surface area (Å²) in [5.41, 5.74) is 3.41. The van der Waals surface area contributed by atoms with Crippen molar-refractivity contribution in [2.24, 2.45) is 7.05 Å². The Morgan fingerprint density at radius 2 is 2.04 bits per heavy atom. The van der Waals surface area contributed by atoms with Crippen LogP contribution in [-0.2, 0) is 20.0 Å². The third-order valence-electron chi connectivity index (χ3n) is 5.37. The molecule has 2 aromatic heterocycles. The molecule has 1 unspecified atom stereocenters. The quantitative estimate of drug-likeness (QED) is 0.656. The predicted molar refractivity (Wildman–Crippen MR) is 109 cm³/mol. The molecule has 1 aromatic carbocycles. The van der Waals surface area contributed by atoms with Crippen LogP contribution >= 0.6 is 11.6 Å². The number of imidazole rings is 1. The summed E-state index contributed by atoms with van der Waals surface area (Å²) in [5.74, 6) is 1.60. The largest absolute Gasteiger partial charge is 0.337 e. The Bertz CT molecular complexity index is 905.